The first-order chi connectivity index (χ1) is 3.92. The minimum Gasteiger partial charge on any atom is -0.750 e. The first-order valence-corrected chi connectivity index (χ1v) is 3.43. The van der Waals surface area contributed by atoms with Crippen LogP contribution < -0.4 is 5.73 Å². The zero-order chi connectivity index (χ0) is 7.49. The van der Waals surface area contributed by atoms with Crippen LogP contribution in [0.5, 0.6) is 0 Å². The highest BCUT2D eigenvalue weighted by Gasteiger charge is 2.09. The van der Waals surface area contributed by atoms with Crippen LogP contribution in [0.3, 0.4) is 0 Å². The average molecular weight is 152 g/mol. The van der Waals surface area contributed by atoms with E-state index in [1.54, 1.807) is 13.8 Å². The minimum absolute atomic E-state index is 0.0170. The lowest BCUT2D eigenvalue weighted by molar-refractivity contribution is 0.238. The summed E-state index contributed by atoms with van der Waals surface area (Å²) in [5, 5.41) is 0. The lowest BCUT2D eigenvalue weighted by atomic mass is 10.1. The molecule has 1 atom stereocenters. The van der Waals surface area contributed by atoms with E-state index in [4.69, 9.17) is 5.73 Å². The monoisotopic (exact) mass is 152 g/mol. The van der Waals surface area contributed by atoms with Crippen molar-refractivity contribution in [2.24, 2.45) is 5.73 Å². The molecule has 0 aliphatic heterocycles. The molecule has 0 saturated carbocycles. The summed E-state index contributed by atoms with van der Waals surface area (Å²) in [4.78, 5) is 0. The fourth-order valence-electron chi connectivity index (χ4n) is 0.200. The third-order valence-electron chi connectivity index (χ3n) is 0.527. The van der Waals surface area contributed by atoms with Gasteiger partial charge in [-0.15, -0.1) is 0 Å². The molecule has 56 valence electrons. The minimum atomic E-state index is -2.44. The van der Waals surface area contributed by atoms with Crippen molar-refractivity contribution in [2.75, 3.05) is 6.61 Å². The van der Waals surface area contributed by atoms with Gasteiger partial charge in [0.25, 0.3) is 0 Å². The molecule has 2 N–H and O–H groups in total. The molecule has 0 rings (SSSR count). The van der Waals surface area contributed by atoms with Gasteiger partial charge in [-0.05, 0) is 13.8 Å². The van der Waals surface area contributed by atoms with Crippen molar-refractivity contribution in [1.82, 2.24) is 0 Å². The van der Waals surface area contributed by atoms with E-state index in [9.17, 15) is 8.76 Å². The first-order valence-electron chi connectivity index (χ1n) is 2.43. The van der Waals surface area contributed by atoms with Crippen molar-refractivity contribution >= 4 is 11.4 Å². The molecule has 0 aromatic heterocycles. The van der Waals surface area contributed by atoms with Crippen LogP contribution in [0.25, 0.3) is 0 Å². The van der Waals surface area contributed by atoms with Gasteiger partial charge >= 0.3 is 0 Å². The van der Waals surface area contributed by atoms with Crippen molar-refractivity contribution in [3.63, 3.8) is 0 Å². The summed E-state index contributed by atoms with van der Waals surface area (Å²) < 4.78 is 23.7. The first kappa shape index (κ1) is 9.03. The molecule has 0 saturated heterocycles. The zero-order valence-electron chi connectivity index (χ0n) is 5.42. The molecule has 0 aliphatic carbocycles. The summed E-state index contributed by atoms with van der Waals surface area (Å²) in [6.07, 6.45) is 0. The third kappa shape index (κ3) is 8.03. The van der Waals surface area contributed by atoms with Gasteiger partial charge in [-0.25, -0.2) is 4.21 Å². The number of rotatable bonds is 3. The van der Waals surface area contributed by atoms with Crippen LogP contribution in [0.15, 0.2) is 0 Å². The molecule has 0 fully saturated rings. The smallest absolute Gasteiger partial charge is 0.0842 e. The molecular formula is C4H10NO3S-. The van der Waals surface area contributed by atoms with Gasteiger partial charge in [0.15, 0.2) is 0 Å². The molecule has 1 unspecified atom stereocenters. The summed E-state index contributed by atoms with van der Waals surface area (Å²) in [7, 11) is 0. The Bertz CT molecular complexity index is 109. The molecule has 0 bridgehead atoms. The van der Waals surface area contributed by atoms with Gasteiger partial charge in [0.1, 0.15) is 0 Å². The SMILES string of the molecule is CC(C)(N)COS(=O)[O-]. The van der Waals surface area contributed by atoms with E-state index >= 15 is 0 Å². The second kappa shape index (κ2) is 3.26. The fourth-order valence-corrected chi connectivity index (χ4v) is 0.600. The predicted octanol–water partition coefficient (Wildman–Crippen LogP) is -0.466. The molecule has 0 aromatic rings. The van der Waals surface area contributed by atoms with E-state index in [-0.39, 0.29) is 6.61 Å². The number of nitrogens with two attached hydrogens (primary N) is 1. The summed E-state index contributed by atoms with van der Waals surface area (Å²) in [6.45, 7) is 3.38. The molecule has 0 heterocycles. The Morgan fingerprint density at radius 3 is 2.33 bits per heavy atom. The second-order valence-electron chi connectivity index (χ2n) is 2.45. The molecule has 0 aliphatic rings. The molecular weight excluding hydrogens is 142 g/mol. The molecule has 0 amide bonds. The van der Waals surface area contributed by atoms with Crippen LogP contribution in [0.1, 0.15) is 13.8 Å². The lowest BCUT2D eigenvalue weighted by Crippen LogP contribution is -2.37. The van der Waals surface area contributed by atoms with Gasteiger partial charge in [0, 0.05) is 5.54 Å². The average Bonchev–Trinajstić information content (AvgIpc) is 1.59. The Morgan fingerprint density at radius 1 is 1.78 bits per heavy atom. The maximum Gasteiger partial charge on any atom is 0.0842 e. The predicted molar refractivity (Wildman–Crippen MR) is 33.1 cm³/mol. The molecule has 5 heteroatoms. The van der Waals surface area contributed by atoms with Crippen LogP contribution in [-0.4, -0.2) is 20.9 Å². The van der Waals surface area contributed by atoms with Gasteiger partial charge in [-0.3, -0.25) is 4.18 Å². The lowest BCUT2D eigenvalue weighted by Gasteiger charge is -2.18. The Balaban J connectivity index is 3.39. The zero-order valence-corrected chi connectivity index (χ0v) is 6.23. The van der Waals surface area contributed by atoms with E-state index in [0.29, 0.717) is 0 Å². The normalized spacial score (nSPS) is 15.6. The summed E-state index contributed by atoms with van der Waals surface area (Å²) in [5.41, 5.74) is 4.80. The fraction of sp³-hybridized carbons (Fsp3) is 1.00. The molecule has 0 aromatic carbocycles. The third-order valence-corrected chi connectivity index (χ3v) is 0.837. The Hall–Kier alpha value is 0.0300. The van der Waals surface area contributed by atoms with Crippen LogP contribution in [0.2, 0.25) is 0 Å². The quantitative estimate of drug-likeness (QED) is 0.555. The van der Waals surface area contributed by atoms with E-state index in [2.05, 4.69) is 4.18 Å². The van der Waals surface area contributed by atoms with E-state index in [0.717, 1.165) is 0 Å². The van der Waals surface area contributed by atoms with Gasteiger partial charge in [-0.2, -0.15) is 0 Å². The molecule has 9 heavy (non-hydrogen) atoms. The van der Waals surface area contributed by atoms with Crippen LogP contribution >= 0.6 is 0 Å². The highest BCUT2D eigenvalue weighted by molar-refractivity contribution is 7.74. The maximum absolute atomic E-state index is 9.77. The van der Waals surface area contributed by atoms with Gasteiger partial charge < -0.3 is 10.3 Å². The van der Waals surface area contributed by atoms with Gasteiger partial charge in [-0.1, -0.05) is 0 Å². The Morgan fingerprint density at radius 2 is 2.22 bits per heavy atom. The van der Waals surface area contributed by atoms with Crippen LogP contribution in [-0.2, 0) is 15.5 Å². The molecule has 4 nitrogen and oxygen atoms in total. The van der Waals surface area contributed by atoms with Crippen LogP contribution in [0.4, 0.5) is 0 Å². The topological polar surface area (TPSA) is 75.4 Å². The summed E-state index contributed by atoms with van der Waals surface area (Å²) >= 11 is -2.44. The van der Waals surface area contributed by atoms with E-state index < -0.39 is 16.9 Å². The Kier molecular flexibility index (Phi) is 3.27. The van der Waals surface area contributed by atoms with E-state index in [1.165, 1.54) is 0 Å². The highest BCUT2D eigenvalue weighted by atomic mass is 32.2. The standard InChI is InChI=1S/C4H11NO3S/c1-4(2,5)3-8-9(6)7/h3,5H2,1-2H3,(H,6,7)/p-1. The molecule has 0 radical (unpaired) electrons. The van der Waals surface area contributed by atoms with Crippen molar-refractivity contribution in [3.8, 4) is 0 Å². The number of hydrogen-bond acceptors (Lipinski definition) is 4. The van der Waals surface area contributed by atoms with E-state index in [1.807, 2.05) is 0 Å². The van der Waals surface area contributed by atoms with Gasteiger partial charge in [0.2, 0.25) is 0 Å². The number of hydrogen-bond donors (Lipinski definition) is 1. The Labute approximate surface area is 56.9 Å². The largest absolute Gasteiger partial charge is 0.750 e. The van der Waals surface area contributed by atoms with Crippen LogP contribution in [0, 0.1) is 0 Å². The summed E-state index contributed by atoms with van der Waals surface area (Å²) in [6, 6.07) is 0. The van der Waals surface area contributed by atoms with Crippen molar-refractivity contribution in [3.05, 3.63) is 0 Å². The highest BCUT2D eigenvalue weighted by Crippen LogP contribution is 1.96. The van der Waals surface area contributed by atoms with Crippen molar-refractivity contribution < 1.29 is 12.9 Å². The van der Waals surface area contributed by atoms with Gasteiger partial charge in [0.05, 0.1) is 18.0 Å². The van der Waals surface area contributed by atoms with Crippen molar-refractivity contribution in [2.45, 2.75) is 19.4 Å². The summed E-state index contributed by atoms with van der Waals surface area (Å²) in [5.74, 6) is 0. The second-order valence-corrected chi connectivity index (χ2v) is 3.10. The maximum atomic E-state index is 9.77. The molecule has 0 spiro atoms. The van der Waals surface area contributed by atoms with Crippen molar-refractivity contribution in [1.29, 1.82) is 0 Å².